The number of carbonyl (C=O) groups excluding carboxylic acids is 1. The van der Waals surface area contributed by atoms with Crippen molar-refractivity contribution in [3.8, 4) is 0 Å². The van der Waals surface area contributed by atoms with Crippen molar-refractivity contribution in [2.75, 3.05) is 32.9 Å². The van der Waals surface area contributed by atoms with E-state index in [9.17, 15) is 4.79 Å². The van der Waals surface area contributed by atoms with Gasteiger partial charge in [-0.1, -0.05) is 6.08 Å². The number of nitrogens with zero attached hydrogens (tertiary/aromatic N) is 3. The molecule has 1 aromatic rings. The van der Waals surface area contributed by atoms with Gasteiger partial charge in [-0.25, -0.2) is 9.97 Å². The van der Waals surface area contributed by atoms with Gasteiger partial charge in [-0.3, -0.25) is 4.79 Å². The van der Waals surface area contributed by atoms with Crippen LogP contribution in [0, 0.1) is 5.41 Å². The zero-order valence-corrected chi connectivity index (χ0v) is 13.3. The summed E-state index contributed by atoms with van der Waals surface area (Å²) in [5.74, 6) is -0.0421. The molecule has 0 aliphatic carbocycles. The predicted molar refractivity (Wildman–Crippen MR) is 85.0 cm³/mol. The van der Waals surface area contributed by atoms with Gasteiger partial charge in [0.15, 0.2) is 0 Å². The molecule has 23 heavy (non-hydrogen) atoms. The van der Waals surface area contributed by atoms with E-state index in [0.29, 0.717) is 32.0 Å². The molecule has 3 rings (SSSR count). The van der Waals surface area contributed by atoms with Crippen LogP contribution >= 0.6 is 0 Å². The van der Waals surface area contributed by atoms with Crippen molar-refractivity contribution in [3.05, 3.63) is 36.9 Å². The highest BCUT2D eigenvalue weighted by Crippen LogP contribution is 2.40. The summed E-state index contributed by atoms with van der Waals surface area (Å²) in [7, 11) is 0. The van der Waals surface area contributed by atoms with Crippen molar-refractivity contribution in [1.29, 1.82) is 0 Å². The van der Waals surface area contributed by atoms with Crippen LogP contribution in [0.3, 0.4) is 0 Å². The van der Waals surface area contributed by atoms with Crippen LogP contribution in [0.5, 0.6) is 0 Å². The zero-order valence-electron chi connectivity index (χ0n) is 13.3. The molecule has 0 spiro atoms. The minimum atomic E-state index is -0.123. The molecule has 2 atom stereocenters. The zero-order chi connectivity index (χ0) is 16.1. The van der Waals surface area contributed by atoms with E-state index in [1.165, 1.54) is 6.33 Å². The van der Waals surface area contributed by atoms with Gasteiger partial charge >= 0.3 is 0 Å². The molecule has 2 aliphatic heterocycles. The first kappa shape index (κ1) is 16.1. The average molecular weight is 317 g/mol. The monoisotopic (exact) mass is 317 g/mol. The van der Waals surface area contributed by atoms with Crippen molar-refractivity contribution in [1.82, 2.24) is 14.9 Å². The number of ether oxygens (including phenoxy) is 2. The largest absolute Gasteiger partial charge is 0.377 e. The van der Waals surface area contributed by atoms with E-state index in [-0.39, 0.29) is 17.4 Å². The van der Waals surface area contributed by atoms with E-state index in [4.69, 9.17) is 9.47 Å². The second kappa shape index (κ2) is 7.19. The third-order valence-corrected chi connectivity index (χ3v) is 4.70. The topological polar surface area (TPSA) is 64.6 Å². The highest BCUT2D eigenvalue weighted by Gasteiger charge is 2.47. The number of amides is 1. The van der Waals surface area contributed by atoms with E-state index in [2.05, 4.69) is 16.5 Å². The molecule has 2 aliphatic rings. The average Bonchev–Trinajstić information content (AvgIpc) is 2.61. The van der Waals surface area contributed by atoms with Crippen molar-refractivity contribution in [2.45, 2.75) is 25.4 Å². The fourth-order valence-corrected chi connectivity index (χ4v) is 3.60. The van der Waals surface area contributed by atoms with Gasteiger partial charge in [-0.15, -0.1) is 6.58 Å². The Bertz CT molecular complexity index is 551. The van der Waals surface area contributed by atoms with Crippen LogP contribution in [0.2, 0.25) is 0 Å². The quantitative estimate of drug-likeness (QED) is 0.611. The Morgan fingerprint density at radius 3 is 3.30 bits per heavy atom. The molecule has 1 aromatic heterocycles. The van der Waals surface area contributed by atoms with Crippen LogP contribution < -0.4 is 0 Å². The SMILES string of the molecule is C=CCOC[C@@]12CCCO[C@H]1CCN(C(=O)c1ccncn1)C2. The van der Waals surface area contributed by atoms with Crippen molar-refractivity contribution in [3.63, 3.8) is 0 Å². The van der Waals surface area contributed by atoms with Crippen LogP contribution in [0.15, 0.2) is 31.2 Å². The third-order valence-electron chi connectivity index (χ3n) is 4.70. The molecular weight excluding hydrogens is 294 g/mol. The second-order valence-corrected chi connectivity index (χ2v) is 6.24. The van der Waals surface area contributed by atoms with Gasteiger partial charge in [-0.05, 0) is 25.3 Å². The smallest absolute Gasteiger partial charge is 0.272 e. The lowest BCUT2D eigenvalue weighted by atomic mass is 9.73. The molecular formula is C17H23N3O3. The number of hydrogen-bond donors (Lipinski definition) is 0. The van der Waals surface area contributed by atoms with Crippen LogP contribution in [0.4, 0.5) is 0 Å². The molecule has 0 aromatic carbocycles. The first-order valence-corrected chi connectivity index (χ1v) is 8.11. The van der Waals surface area contributed by atoms with Gasteiger partial charge in [0, 0.05) is 31.3 Å². The van der Waals surface area contributed by atoms with Crippen molar-refractivity contribution < 1.29 is 14.3 Å². The lowest BCUT2D eigenvalue weighted by Crippen LogP contribution is -2.58. The standard InChI is InChI=1S/C17H23N3O3/c1-2-9-22-12-17-6-3-10-23-15(17)5-8-20(11-17)16(21)14-4-7-18-13-19-14/h2,4,7,13,15H,1,3,5-6,8-12H2/t15-,17-/m0/s1. The summed E-state index contributed by atoms with van der Waals surface area (Å²) in [6.07, 6.45) is 7.78. The molecule has 0 bridgehead atoms. The van der Waals surface area contributed by atoms with E-state index in [0.717, 1.165) is 25.9 Å². The molecule has 6 nitrogen and oxygen atoms in total. The molecule has 3 heterocycles. The Morgan fingerprint density at radius 1 is 1.61 bits per heavy atom. The summed E-state index contributed by atoms with van der Waals surface area (Å²) in [5.41, 5.74) is 0.319. The predicted octanol–water partition coefficient (Wildman–Crippen LogP) is 1.69. The number of aromatic nitrogens is 2. The normalized spacial score (nSPS) is 27.3. The summed E-state index contributed by atoms with van der Waals surface area (Å²) in [4.78, 5) is 22.5. The highest BCUT2D eigenvalue weighted by molar-refractivity contribution is 5.92. The van der Waals surface area contributed by atoms with Crippen LogP contribution in [0.1, 0.15) is 29.8 Å². The molecule has 0 unspecified atom stereocenters. The Labute approximate surface area is 136 Å². The molecule has 2 fully saturated rings. The molecule has 2 saturated heterocycles. The van der Waals surface area contributed by atoms with Gasteiger partial charge in [-0.2, -0.15) is 0 Å². The summed E-state index contributed by atoms with van der Waals surface area (Å²) in [6, 6.07) is 1.66. The van der Waals surface area contributed by atoms with E-state index >= 15 is 0 Å². The number of fused-ring (bicyclic) bond motifs is 1. The van der Waals surface area contributed by atoms with Crippen LogP contribution in [-0.4, -0.2) is 59.8 Å². The summed E-state index contributed by atoms with van der Waals surface area (Å²) >= 11 is 0. The number of rotatable bonds is 5. The first-order chi connectivity index (χ1) is 11.2. The molecule has 124 valence electrons. The maximum atomic E-state index is 12.7. The van der Waals surface area contributed by atoms with Gasteiger partial charge < -0.3 is 14.4 Å². The number of likely N-dealkylation sites (tertiary alicyclic amines) is 1. The van der Waals surface area contributed by atoms with Crippen molar-refractivity contribution >= 4 is 5.91 Å². The fraction of sp³-hybridized carbons (Fsp3) is 0.588. The van der Waals surface area contributed by atoms with Crippen molar-refractivity contribution in [2.24, 2.45) is 5.41 Å². The maximum Gasteiger partial charge on any atom is 0.272 e. The third kappa shape index (κ3) is 3.43. The van der Waals surface area contributed by atoms with E-state index < -0.39 is 0 Å². The Balaban J connectivity index is 1.75. The lowest BCUT2D eigenvalue weighted by molar-refractivity contribution is -0.144. The van der Waals surface area contributed by atoms with E-state index in [1.54, 1.807) is 18.3 Å². The Kier molecular flexibility index (Phi) is 5.03. The highest BCUT2D eigenvalue weighted by atomic mass is 16.5. The van der Waals surface area contributed by atoms with E-state index in [1.807, 2.05) is 4.90 Å². The molecule has 6 heteroatoms. The van der Waals surface area contributed by atoms with Crippen LogP contribution in [0.25, 0.3) is 0 Å². The van der Waals surface area contributed by atoms with Crippen LogP contribution in [-0.2, 0) is 9.47 Å². The van der Waals surface area contributed by atoms with Gasteiger partial charge in [0.05, 0.1) is 19.3 Å². The Morgan fingerprint density at radius 2 is 2.52 bits per heavy atom. The summed E-state index contributed by atoms with van der Waals surface area (Å²) in [6.45, 7) is 6.95. The Hall–Kier alpha value is -1.79. The molecule has 0 radical (unpaired) electrons. The molecule has 0 saturated carbocycles. The molecule has 0 N–H and O–H groups in total. The number of hydrogen-bond acceptors (Lipinski definition) is 5. The molecule has 1 amide bonds. The maximum absolute atomic E-state index is 12.7. The lowest BCUT2D eigenvalue weighted by Gasteiger charge is -2.50. The summed E-state index contributed by atoms with van der Waals surface area (Å²) in [5, 5.41) is 0. The van der Waals surface area contributed by atoms with Gasteiger partial charge in [0.25, 0.3) is 5.91 Å². The first-order valence-electron chi connectivity index (χ1n) is 8.11. The van der Waals surface area contributed by atoms with Gasteiger partial charge in [0.2, 0.25) is 0 Å². The second-order valence-electron chi connectivity index (χ2n) is 6.24. The fourth-order valence-electron chi connectivity index (χ4n) is 3.60. The summed E-state index contributed by atoms with van der Waals surface area (Å²) < 4.78 is 11.7. The number of carbonyl (C=O) groups is 1. The number of piperidine rings is 1. The minimum Gasteiger partial charge on any atom is -0.377 e. The minimum absolute atomic E-state index is 0.0421. The van der Waals surface area contributed by atoms with Gasteiger partial charge in [0.1, 0.15) is 12.0 Å².